The number of carbonyl (C=O) groups is 1. The summed E-state index contributed by atoms with van der Waals surface area (Å²) in [6.07, 6.45) is 0.487. The third-order valence-corrected chi connectivity index (χ3v) is 3.66. The molecule has 116 valence electrons. The van der Waals surface area contributed by atoms with Crippen molar-refractivity contribution in [3.05, 3.63) is 35.6 Å². The maximum atomic E-state index is 13.4. The van der Waals surface area contributed by atoms with Crippen LogP contribution in [0.15, 0.2) is 24.3 Å². The predicted molar refractivity (Wildman–Crippen MR) is 79.1 cm³/mol. The number of amides is 1. The second-order valence-electron chi connectivity index (χ2n) is 5.83. The number of rotatable bonds is 6. The molecule has 0 aliphatic carbocycles. The molecule has 4 nitrogen and oxygen atoms in total. The Hall–Kier alpha value is -1.46. The zero-order valence-corrected chi connectivity index (χ0v) is 12.8. The van der Waals surface area contributed by atoms with E-state index < -0.39 is 0 Å². The van der Waals surface area contributed by atoms with Crippen molar-refractivity contribution in [1.82, 2.24) is 10.2 Å². The van der Waals surface area contributed by atoms with Gasteiger partial charge in [-0.2, -0.15) is 0 Å². The first-order chi connectivity index (χ1) is 10.0. The lowest BCUT2D eigenvalue weighted by Gasteiger charge is -2.24. The summed E-state index contributed by atoms with van der Waals surface area (Å²) in [6.45, 7) is 5.14. The number of halogens is 1. The highest BCUT2D eigenvalue weighted by Gasteiger charge is 2.39. The Kier molecular flexibility index (Phi) is 5.31. The molecule has 1 amide bonds. The van der Waals surface area contributed by atoms with Gasteiger partial charge >= 0.3 is 0 Å². The van der Waals surface area contributed by atoms with E-state index in [2.05, 4.69) is 19.2 Å². The minimum absolute atomic E-state index is 0.0648. The van der Waals surface area contributed by atoms with E-state index in [0.29, 0.717) is 19.1 Å². The van der Waals surface area contributed by atoms with Crippen molar-refractivity contribution in [2.24, 2.45) is 5.92 Å². The molecule has 1 aromatic carbocycles. The summed E-state index contributed by atoms with van der Waals surface area (Å²) in [5, 5.41) is 3.33. The lowest BCUT2D eigenvalue weighted by atomic mass is 10.0. The van der Waals surface area contributed by atoms with Gasteiger partial charge < -0.3 is 9.64 Å². The first-order valence-electron chi connectivity index (χ1n) is 7.34. The van der Waals surface area contributed by atoms with Crippen LogP contribution < -0.4 is 5.32 Å². The van der Waals surface area contributed by atoms with Crippen molar-refractivity contribution in [3.63, 3.8) is 0 Å². The molecule has 1 aliphatic heterocycles. The summed E-state index contributed by atoms with van der Waals surface area (Å²) >= 11 is 0. The predicted octanol–water partition coefficient (Wildman–Crippen LogP) is 2.32. The minimum atomic E-state index is -0.291. The molecule has 0 saturated carbocycles. The molecular weight excluding hydrogens is 271 g/mol. The molecule has 1 N–H and O–H groups in total. The van der Waals surface area contributed by atoms with E-state index in [9.17, 15) is 9.18 Å². The van der Waals surface area contributed by atoms with E-state index in [1.165, 1.54) is 12.1 Å². The Bertz CT molecular complexity index is 493. The monoisotopic (exact) mass is 294 g/mol. The normalized spacial score (nSPS) is 22.3. The average Bonchev–Trinajstić information content (AvgIpc) is 2.73. The molecule has 2 atom stereocenters. The summed E-state index contributed by atoms with van der Waals surface area (Å²) in [5.74, 6) is 0.192. The number of nitrogens with one attached hydrogen (secondary N) is 1. The summed E-state index contributed by atoms with van der Waals surface area (Å²) in [6, 6.07) is 6.18. The van der Waals surface area contributed by atoms with Crippen molar-refractivity contribution >= 4 is 5.91 Å². The van der Waals surface area contributed by atoms with Crippen LogP contribution in [0.2, 0.25) is 0 Å². The number of methoxy groups -OCH3 is 1. The molecule has 21 heavy (non-hydrogen) atoms. The van der Waals surface area contributed by atoms with Gasteiger partial charge in [0.2, 0.25) is 5.91 Å². The third-order valence-electron chi connectivity index (χ3n) is 3.66. The van der Waals surface area contributed by atoms with Gasteiger partial charge in [0.25, 0.3) is 0 Å². The molecule has 0 bridgehead atoms. The second-order valence-corrected chi connectivity index (χ2v) is 5.83. The summed E-state index contributed by atoms with van der Waals surface area (Å²) < 4.78 is 18.5. The summed E-state index contributed by atoms with van der Waals surface area (Å²) in [7, 11) is 1.61. The molecule has 0 radical (unpaired) electrons. The van der Waals surface area contributed by atoms with Crippen molar-refractivity contribution in [3.8, 4) is 0 Å². The molecule has 0 spiro atoms. The molecule has 1 fully saturated rings. The van der Waals surface area contributed by atoms with Gasteiger partial charge in [-0.05, 0) is 30.0 Å². The molecule has 1 aromatic rings. The second kappa shape index (κ2) is 7.00. The lowest BCUT2D eigenvalue weighted by Crippen LogP contribution is -2.34. The van der Waals surface area contributed by atoms with Gasteiger partial charge in [-0.15, -0.1) is 0 Å². The minimum Gasteiger partial charge on any atom is -0.383 e. The van der Waals surface area contributed by atoms with Crippen molar-refractivity contribution < 1.29 is 13.9 Å². The molecule has 0 aromatic heterocycles. The van der Waals surface area contributed by atoms with Crippen LogP contribution >= 0.6 is 0 Å². The number of ether oxygens (including phenoxy) is 1. The Morgan fingerprint density at radius 3 is 2.81 bits per heavy atom. The van der Waals surface area contributed by atoms with Crippen molar-refractivity contribution in [2.45, 2.75) is 32.5 Å². The first kappa shape index (κ1) is 15.9. The topological polar surface area (TPSA) is 41.6 Å². The maximum absolute atomic E-state index is 13.4. The Morgan fingerprint density at radius 2 is 2.19 bits per heavy atom. The van der Waals surface area contributed by atoms with Crippen molar-refractivity contribution in [2.75, 3.05) is 20.3 Å². The smallest absolute Gasteiger partial charge is 0.241 e. The van der Waals surface area contributed by atoms with Gasteiger partial charge in [-0.1, -0.05) is 26.0 Å². The highest BCUT2D eigenvalue weighted by Crippen LogP contribution is 2.27. The van der Waals surface area contributed by atoms with Crippen LogP contribution in [0.4, 0.5) is 4.39 Å². The van der Waals surface area contributed by atoms with Gasteiger partial charge in [-0.25, -0.2) is 4.39 Å². The van der Waals surface area contributed by atoms with E-state index in [-0.39, 0.29) is 23.9 Å². The number of carbonyl (C=O) groups excluding carboxylic acids is 1. The van der Waals surface area contributed by atoms with Crippen LogP contribution in [0.1, 0.15) is 32.0 Å². The molecule has 1 saturated heterocycles. The zero-order valence-electron chi connectivity index (χ0n) is 12.8. The SMILES string of the molecule is COCCN1C(=O)C(CC(C)C)NC1c1cccc(F)c1. The summed E-state index contributed by atoms with van der Waals surface area (Å²) in [5.41, 5.74) is 0.769. The Morgan fingerprint density at radius 1 is 1.43 bits per heavy atom. The Balaban J connectivity index is 2.21. The van der Waals surface area contributed by atoms with Crippen LogP contribution in [0.5, 0.6) is 0 Å². The maximum Gasteiger partial charge on any atom is 0.241 e. The van der Waals surface area contributed by atoms with Crippen LogP contribution in [-0.4, -0.2) is 37.1 Å². The number of hydrogen-bond donors (Lipinski definition) is 1. The van der Waals surface area contributed by atoms with E-state index in [4.69, 9.17) is 4.74 Å². The molecule has 2 unspecified atom stereocenters. The fourth-order valence-corrected chi connectivity index (χ4v) is 2.70. The molecule has 5 heteroatoms. The van der Waals surface area contributed by atoms with Crippen LogP contribution in [0.3, 0.4) is 0 Å². The van der Waals surface area contributed by atoms with E-state index in [1.807, 2.05) is 6.07 Å². The third kappa shape index (κ3) is 3.80. The Labute approximate surface area is 125 Å². The average molecular weight is 294 g/mol. The van der Waals surface area contributed by atoms with Crippen LogP contribution in [0, 0.1) is 11.7 Å². The van der Waals surface area contributed by atoms with E-state index in [1.54, 1.807) is 18.1 Å². The number of nitrogens with zero attached hydrogens (tertiary/aromatic N) is 1. The largest absolute Gasteiger partial charge is 0.383 e. The fourth-order valence-electron chi connectivity index (χ4n) is 2.70. The van der Waals surface area contributed by atoms with Gasteiger partial charge in [0.1, 0.15) is 12.0 Å². The molecule has 1 heterocycles. The van der Waals surface area contributed by atoms with Crippen LogP contribution in [0.25, 0.3) is 0 Å². The molecule has 1 aliphatic rings. The lowest BCUT2D eigenvalue weighted by molar-refractivity contribution is -0.131. The van der Waals surface area contributed by atoms with Crippen LogP contribution in [-0.2, 0) is 9.53 Å². The number of benzene rings is 1. The molecular formula is C16H23FN2O2. The fraction of sp³-hybridized carbons (Fsp3) is 0.562. The quantitative estimate of drug-likeness (QED) is 0.875. The summed E-state index contributed by atoms with van der Waals surface area (Å²) in [4.78, 5) is 14.3. The zero-order chi connectivity index (χ0) is 15.4. The van der Waals surface area contributed by atoms with Gasteiger partial charge in [-0.3, -0.25) is 10.1 Å². The van der Waals surface area contributed by atoms with Gasteiger partial charge in [0.05, 0.1) is 12.6 Å². The standard InChI is InChI=1S/C16H23FN2O2/c1-11(2)9-14-16(20)19(7-8-21-3)15(18-14)12-5-4-6-13(17)10-12/h4-6,10-11,14-15,18H,7-9H2,1-3H3. The highest BCUT2D eigenvalue weighted by atomic mass is 19.1. The molecule has 2 rings (SSSR count). The highest BCUT2D eigenvalue weighted by molar-refractivity contribution is 5.84. The van der Waals surface area contributed by atoms with Gasteiger partial charge in [0.15, 0.2) is 0 Å². The van der Waals surface area contributed by atoms with E-state index >= 15 is 0 Å². The first-order valence-corrected chi connectivity index (χ1v) is 7.34. The van der Waals surface area contributed by atoms with E-state index in [0.717, 1.165) is 12.0 Å². The van der Waals surface area contributed by atoms with Gasteiger partial charge in [0, 0.05) is 13.7 Å². The van der Waals surface area contributed by atoms with Crippen molar-refractivity contribution in [1.29, 1.82) is 0 Å². The number of hydrogen-bond acceptors (Lipinski definition) is 3.